The van der Waals surface area contributed by atoms with Gasteiger partial charge < -0.3 is 39.8 Å². The fraction of sp³-hybridized carbons (Fsp3) is 0.250. The molecule has 0 bridgehead atoms. The van der Waals surface area contributed by atoms with Crippen molar-refractivity contribution in [1.82, 2.24) is 16.1 Å². The molecule has 1 heterocycles. The van der Waals surface area contributed by atoms with E-state index in [2.05, 4.69) is 43.8 Å². The Labute approximate surface area is 278 Å². The molecule has 3 aromatic rings. The molecule has 0 fully saturated rings. The number of carbonyl (C=O) groups is 3. The third-order valence-corrected chi connectivity index (χ3v) is 7.50. The lowest BCUT2D eigenvalue weighted by Gasteiger charge is -2.28. The van der Waals surface area contributed by atoms with Crippen molar-refractivity contribution in [3.05, 3.63) is 97.8 Å². The first-order valence-corrected chi connectivity index (χ1v) is 15.1. The highest BCUT2D eigenvalue weighted by Crippen LogP contribution is 2.35. The number of allylic oxidation sites excluding steroid dienone is 1. The zero-order valence-corrected chi connectivity index (χ0v) is 27.4. The number of nitrogens with zero attached hydrogens (tertiary/aromatic N) is 1. The van der Waals surface area contributed by atoms with Crippen molar-refractivity contribution < 1.29 is 43.5 Å². The van der Waals surface area contributed by atoms with Crippen LogP contribution < -0.4 is 30.3 Å². The summed E-state index contributed by atoms with van der Waals surface area (Å²) >= 11 is 2.15. The van der Waals surface area contributed by atoms with E-state index in [1.165, 1.54) is 19.2 Å². The summed E-state index contributed by atoms with van der Waals surface area (Å²) in [6.07, 6.45) is 0.391. The van der Waals surface area contributed by atoms with Crippen LogP contribution in [0.15, 0.2) is 77.0 Å². The van der Waals surface area contributed by atoms with E-state index in [0.717, 1.165) is 14.7 Å². The summed E-state index contributed by atoms with van der Waals surface area (Å²) in [6, 6.07) is 15.7. The van der Waals surface area contributed by atoms with Crippen LogP contribution in [0.1, 0.15) is 46.9 Å². The number of amides is 2. The van der Waals surface area contributed by atoms with Crippen molar-refractivity contribution in [3.63, 3.8) is 0 Å². The number of aliphatic hydroxyl groups is 1. The maximum Gasteiger partial charge on any atom is 0.337 e. The second-order valence-corrected chi connectivity index (χ2v) is 11.1. The number of nitrogens with one attached hydrogen (secondary N) is 3. The number of hydrazone groups is 1. The maximum atomic E-state index is 12.4. The molecule has 1 aliphatic heterocycles. The van der Waals surface area contributed by atoms with E-state index in [0.29, 0.717) is 35.1 Å². The highest BCUT2D eigenvalue weighted by Gasteiger charge is 2.32. The fourth-order valence-electron chi connectivity index (χ4n) is 4.44. The van der Waals surface area contributed by atoms with Gasteiger partial charge in [-0.15, -0.1) is 0 Å². The molecule has 0 spiro atoms. The molecular weight excluding hydrogens is 711 g/mol. The number of carbonyl (C=O) groups excluding carboxylic acids is 2. The Morgan fingerprint density at radius 2 is 1.78 bits per heavy atom. The molecule has 0 unspecified atom stereocenters. The van der Waals surface area contributed by atoms with E-state index in [9.17, 15) is 19.5 Å². The molecule has 4 rings (SSSR count). The molecule has 14 heteroatoms. The summed E-state index contributed by atoms with van der Waals surface area (Å²) in [5.41, 5.74) is 5.65. The highest BCUT2D eigenvalue weighted by atomic mass is 127. The van der Waals surface area contributed by atoms with Gasteiger partial charge in [-0.05, 0) is 95.6 Å². The number of rotatable bonds is 14. The average Bonchev–Trinajstić information content (AvgIpc) is 3.03. The average molecular weight is 745 g/mol. The molecule has 0 aliphatic carbocycles. The molecule has 0 aromatic heterocycles. The zero-order valence-electron chi connectivity index (χ0n) is 25.2. The molecule has 0 radical (unpaired) electrons. The lowest BCUT2D eigenvalue weighted by Crippen LogP contribution is -2.45. The first-order valence-electron chi connectivity index (χ1n) is 14.1. The first-order chi connectivity index (χ1) is 22.1. The van der Waals surface area contributed by atoms with Crippen LogP contribution in [-0.4, -0.2) is 60.9 Å². The zero-order chi connectivity index (χ0) is 33.2. The van der Waals surface area contributed by atoms with Crippen LogP contribution in [0.2, 0.25) is 0 Å². The Hall–Kier alpha value is -4.83. The van der Waals surface area contributed by atoms with Gasteiger partial charge in [0.25, 0.3) is 0 Å². The van der Waals surface area contributed by atoms with E-state index < -0.39 is 30.2 Å². The van der Waals surface area contributed by atoms with Gasteiger partial charge in [-0.1, -0.05) is 18.2 Å². The van der Waals surface area contributed by atoms with Gasteiger partial charge in [0.1, 0.15) is 19.0 Å². The molecule has 46 heavy (non-hydrogen) atoms. The van der Waals surface area contributed by atoms with Gasteiger partial charge in [-0.25, -0.2) is 14.4 Å². The number of hydrogen-bond donors (Lipinski definition) is 5. The number of methoxy groups -OCH3 is 1. The van der Waals surface area contributed by atoms with Crippen LogP contribution in [-0.2, 0) is 16.1 Å². The standard InChI is InChI=1S/C32H33IN4O9/c1-4-44-26-14-22(29-28(31(41)43-3)18(2)35-32(42)36-29)10-12-25(26)46-17-27(38)37-34-15-20-7-11-24(23(33)13-20)45-16-19-5-8-21(9-6-19)30(39)40/h5-15,27,29,37-38H,4,16-17H2,1-3H3,(H,39,40)(H2,35,36,42)/b34-15-/t27-,29-/m1/s1. The van der Waals surface area contributed by atoms with Gasteiger partial charge in [-0.3, -0.25) is 5.43 Å². The number of carboxylic acid groups (broad SMARTS) is 1. The predicted octanol–water partition coefficient (Wildman–Crippen LogP) is 4.09. The number of halogens is 1. The van der Waals surface area contributed by atoms with Crippen LogP contribution in [0.4, 0.5) is 4.79 Å². The number of ether oxygens (including phenoxy) is 4. The second kappa shape index (κ2) is 15.9. The van der Waals surface area contributed by atoms with Gasteiger partial charge in [0.15, 0.2) is 17.7 Å². The summed E-state index contributed by atoms with van der Waals surface area (Å²) in [7, 11) is 1.27. The smallest absolute Gasteiger partial charge is 0.337 e. The van der Waals surface area contributed by atoms with E-state index >= 15 is 0 Å². The van der Waals surface area contributed by atoms with Crippen LogP contribution in [0.3, 0.4) is 0 Å². The Balaban J connectivity index is 1.33. The Kier molecular flexibility index (Phi) is 11.8. The Morgan fingerprint density at radius 1 is 1.04 bits per heavy atom. The van der Waals surface area contributed by atoms with E-state index in [4.69, 9.17) is 24.1 Å². The topological polar surface area (TPSA) is 177 Å². The van der Waals surface area contributed by atoms with E-state index in [1.807, 2.05) is 12.1 Å². The third kappa shape index (κ3) is 8.88. The number of carboxylic acids is 1. The molecule has 1 aliphatic rings. The second-order valence-electron chi connectivity index (χ2n) is 9.90. The number of hydrogen-bond acceptors (Lipinski definition) is 10. The minimum absolute atomic E-state index is 0.162. The Bertz CT molecular complexity index is 1640. The minimum atomic E-state index is -1.15. The van der Waals surface area contributed by atoms with Crippen molar-refractivity contribution >= 4 is 46.8 Å². The number of esters is 1. The van der Waals surface area contributed by atoms with Crippen molar-refractivity contribution in [2.75, 3.05) is 20.3 Å². The summed E-state index contributed by atoms with van der Waals surface area (Å²) < 4.78 is 23.1. The lowest BCUT2D eigenvalue weighted by molar-refractivity contribution is -0.136. The quantitative estimate of drug-likeness (QED) is 0.0532. The number of aromatic carboxylic acids is 1. The molecule has 3 aromatic carbocycles. The van der Waals surface area contributed by atoms with Crippen LogP contribution in [0.5, 0.6) is 17.2 Å². The number of benzene rings is 3. The molecule has 242 valence electrons. The highest BCUT2D eigenvalue weighted by molar-refractivity contribution is 14.1. The van der Waals surface area contributed by atoms with Gasteiger partial charge >= 0.3 is 18.0 Å². The molecule has 2 amide bonds. The fourth-order valence-corrected chi connectivity index (χ4v) is 5.13. The predicted molar refractivity (Wildman–Crippen MR) is 176 cm³/mol. The number of aliphatic hydroxyl groups excluding tert-OH is 1. The third-order valence-electron chi connectivity index (χ3n) is 6.66. The molecule has 0 saturated carbocycles. The van der Waals surface area contributed by atoms with Gasteiger partial charge in [-0.2, -0.15) is 5.10 Å². The molecule has 13 nitrogen and oxygen atoms in total. The van der Waals surface area contributed by atoms with Gasteiger partial charge in [0.05, 0.1) is 40.7 Å². The maximum absolute atomic E-state index is 12.4. The largest absolute Gasteiger partial charge is 0.490 e. The number of urea groups is 1. The summed E-state index contributed by atoms with van der Waals surface area (Å²) in [5, 5.41) is 28.9. The van der Waals surface area contributed by atoms with Crippen LogP contribution in [0.25, 0.3) is 0 Å². The lowest BCUT2D eigenvalue weighted by atomic mass is 9.95. The summed E-state index contributed by atoms with van der Waals surface area (Å²) in [6.45, 7) is 3.87. The molecule has 2 atom stereocenters. The first kappa shape index (κ1) is 34.1. The summed E-state index contributed by atoms with van der Waals surface area (Å²) in [5.74, 6) is -0.193. The summed E-state index contributed by atoms with van der Waals surface area (Å²) in [4.78, 5) is 35.6. The van der Waals surface area contributed by atoms with Crippen molar-refractivity contribution in [1.29, 1.82) is 0 Å². The monoisotopic (exact) mass is 744 g/mol. The van der Waals surface area contributed by atoms with Crippen molar-refractivity contribution in [3.8, 4) is 17.2 Å². The van der Waals surface area contributed by atoms with Gasteiger partial charge in [0, 0.05) is 5.70 Å². The molecule has 5 N–H and O–H groups in total. The van der Waals surface area contributed by atoms with Crippen molar-refractivity contribution in [2.45, 2.75) is 32.7 Å². The van der Waals surface area contributed by atoms with Gasteiger partial charge in [0.2, 0.25) is 0 Å². The van der Waals surface area contributed by atoms with Crippen LogP contribution in [0, 0.1) is 3.57 Å². The molecular formula is C32H33IN4O9. The normalized spacial score (nSPS) is 15.1. The Morgan fingerprint density at radius 3 is 2.46 bits per heavy atom. The van der Waals surface area contributed by atoms with Crippen molar-refractivity contribution in [2.24, 2.45) is 5.10 Å². The molecule has 0 saturated heterocycles. The van der Waals surface area contributed by atoms with Crippen LogP contribution >= 0.6 is 22.6 Å². The van der Waals surface area contributed by atoms with E-state index in [1.54, 1.807) is 56.5 Å². The van der Waals surface area contributed by atoms with E-state index in [-0.39, 0.29) is 24.4 Å². The SMILES string of the molecule is CCOc1cc([C@H]2NC(=O)NC(C)=C2C(=O)OC)ccc1OC[C@@H](O)N/N=C\c1ccc(OCc2ccc(C(=O)O)cc2)c(I)c1. The minimum Gasteiger partial charge on any atom is -0.490 e.